The number of methoxy groups -OCH3 is 1. The lowest BCUT2D eigenvalue weighted by Crippen LogP contribution is -2.46. The molecule has 0 atom stereocenters. The van der Waals surface area contributed by atoms with Crippen LogP contribution in [0.2, 0.25) is 0 Å². The molecule has 8 nitrogen and oxygen atoms in total. The second kappa shape index (κ2) is 9.58. The molecule has 2 N–H and O–H groups in total. The summed E-state index contributed by atoms with van der Waals surface area (Å²) >= 11 is 0. The maximum absolute atomic E-state index is 13.6. The summed E-state index contributed by atoms with van der Waals surface area (Å²) in [5, 5.41) is 5.52. The van der Waals surface area contributed by atoms with Gasteiger partial charge in [0, 0.05) is 6.54 Å². The minimum Gasteiger partial charge on any atom is -0.465 e. The Kier molecular flexibility index (Phi) is 6.40. The van der Waals surface area contributed by atoms with Gasteiger partial charge in [0.25, 0.3) is 5.91 Å². The molecule has 0 bridgehead atoms. The second-order valence-electron chi connectivity index (χ2n) is 7.77. The van der Waals surface area contributed by atoms with Gasteiger partial charge < -0.3 is 15.4 Å². The predicted molar refractivity (Wildman–Crippen MR) is 124 cm³/mol. The van der Waals surface area contributed by atoms with Crippen molar-refractivity contribution in [3.05, 3.63) is 107 Å². The van der Waals surface area contributed by atoms with Crippen LogP contribution in [-0.2, 0) is 26.4 Å². The Bertz CT molecular complexity index is 1170. The molecule has 8 heteroatoms. The molecule has 1 heterocycles. The van der Waals surface area contributed by atoms with E-state index in [9.17, 15) is 19.2 Å². The number of hydrogen-bond acceptors (Lipinski definition) is 5. The first-order valence-corrected chi connectivity index (χ1v) is 10.6. The number of ether oxygens (including phenoxy) is 1. The highest BCUT2D eigenvalue weighted by molar-refractivity contribution is 6.11. The molecule has 1 fully saturated rings. The summed E-state index contributed by atoms with van der Waals surface area (Å²) < 4.78 is 4.67. The summed E-state index contributed by atoms with van der Waals surface area (Å²) in [7, 11) is 1.30. The molecule has 1 aliphatic heterocycles. The number of amides is 4. The van der Waals surface area contributed by atoms with Crippen LogP contribution in [0, 0.1) is 0 Å². The standard InChI is InChI=1S/C26H23N3O5/c1-34-23(31)19-14-12-18(13-15-19)16-27-22(30)17-29-24(32)26(28-25(29)33,20-8-4-2-5-9-20)21-10-6-3-7-11-21/h2-15H,16-17H2,1H3,(H,27,30)(H,28,33). The first-order valence-electron chi connectivity index (χ1n) is 10.6. The third kappa shape index (κ3) is 4.25. The Morgan fingerprint density at radius 1 is 0.882 bits per heavy atom. The van der Waals surface area contributed by atoms with Crippen molar-refractivity contribution in [3.63, 3.8) is 0 Å². The van der Waals surface area contributed by atoms with E-state index in [0.29, 0.717) is 16.7 Å². The lowest BCUT2D eigenvalue weighted by atomic mass is 9.82. The summed E-state index contributed by atoms with van der Waals surface area (Å²) in [5.74, 6) is -1.46. The van der Waals surface area contributed by atoms with Crippen molar-refractivity contribution in [3.8, 4) is 0 Å². The second-order valence-corrected chi connectivity index (χ2v) is 7.77. The van der Waals surface area contributed by atoms with Gasteiger partial charge in [-0.05, 0) is 28.8 Å². The number of carbonyl (C=O) groups excluding carboxylic acids is 4. The number of esters is 1. The van der Waals surface area contributed by atoms with Gasteiger partial charge in [-0.25, -0.2) is 9.59 Å². The Morgan fingerprint density at radius 3 is 1.97 bits per heavy atom. The van der Waals surface area contributed by atoms with Gasteiger partial charge >= 0.3 is 12.0 Å². The summed E-state index contributed by atoms with van der Waals surface area (Å²) in [5.41, 5.74) is 0.946. The van der Waals surface area contributed by atoms with E-state index in [1.165, 1.54) is 7.11 Å². The first-order chi connectivity index (χ1) is 16.5. The Balaban J connectivity index is 1.49. The molecule has 4 rings (SSSR count). The zero-order valence-corrected chi connectivity index (χ0v) is 18.5. The predicted octanol–water partition coefficient (Wildman–Crippen LogP) is 2.59. The number of benzene rings is 3. The molecule has 1 saturated heterocycles. The SMILES string of the molecule is COC(=O)c1ccc(CNC(=O)CN2C(=O)NC(c3ccccc3)(c3ccccc3)C2=O)cc1. The smallest absolute Gasteiger partial charge is 0.337 e. The van der Waals surface area contributed by atoms with Crippen LogP contribution in [-0.4, -0.2) is 42.4 Å². The van der Waals surface area contributed by atoms with Crippen LogP contribution in [0.3, 0.4) is 0 Å². The lowest BCUT2D eigenvalue weighted by Gasteiger charge is -2.28. The van der Waals surface area contributed by atoms with Crippen LogP contribution in [0.1, 0.15) is 27.0 Å². The average molecular weight is 457 g/mol. The van der Waals surface area contributed by atoms with Gasteiger partial charge in [0.05, 0.1) is 12.7 Å². The number of hydrogen-bond donors (Lipinski definition) is 2. The highest BCUT2D eigenvalue weighted by Crippen LogP contribution is 2.35. The molecule has 34 heavy (non-hydrogen) atoms. The molecule has 0 unspecified atom stereocenters. The first kappa shape index (κ1) is 22.7. The minimum atomic E-state index is -1.41. The molecular weight excluding hydrogens is 434 g/mol. The van der Waals surface area contributed by atoms with E-state index in [4.69, 9.17) is 0 Å². The number of nitrogens with one attached hydrogen (secondary N) is 2. The molecule has 0 saturated carbocycles. The van der Waals surface area contributed by atoms with Crippen molar-refractivity contribution in [2.45, 2.75) is 12.1 Å². The highest BCUT2D eigenvalue weighted by Gasteiger charge is 2.53. The van der Waals surface area contributed by atoms with E-state index < -0.39 is 35.9 Å². The molecule has 0 spiro atoms. The van der Waals surface area contributed by atoms with E-state index >= 15 is 0 Å². The Morgan fingerprint density at radius 2 is 1.44 bits per heavy atom. The lowest BCUT2D eigenvalue weighted by molar-refractivity contribution is -0.134. The van der Waals surface area contributed by atoms with Gasteiger partial charge in [0.15, 0.2) is 5.54 Å². The average Bonchev–Trinajstić information content (AvgIpc) is 3.14. The van der Waals surface area contributed by atoms with Crippen molar-refractivity contribution in [1.29, 1.82) is 0 Å². The van der Waals surface area contributed by atoms with E-state index in [2.05, 4.69) is 15.4 Å². The fraction of sp³-hybridized carbons (Fsp3) is 0.154. The van der Waals surface area contributed by atoms with E-state index in [1.807, 2.05) is 12.1 Å². The van der Waals surface area contributed by atoms with Crippen LogP contribution in [0.15, 0.2) is 84.9 Å². The molecule has 3 aromatic rings. The van der Waals surface area contributed by atoms with Crippen LogP contribution in [0.5, 0.6) is 0 Å². The van der Waals surface area contributed by atoms with Crippen molar-refractivity contribution in [1.82, 2.24) is 15.5 Å². The summed E-state index contributed by atoms with van der Waals surface area (Å²) in [6, 6.07) is 23.8. The molecule has 3 aromatic carbocycles. The number of nitrogens with zero attached hydrogens (tertiary/aromatic N) is 1. The van der Waals surface area contributed by atoms with Gasteiger partial charge in [0.1, 0.15) is 6.54 Å². The Hall–Kier alpha value is -4.46. The van der Waals surface area contributed by atoms with Crippen LogP contribution >= 0.6 is 0 Å². The van der Waals surface area contributed by atoms with Gasteiger partial charge in [-0.1, -0.05) is 72.8 Å². The number of carbonyl (C=O) groups is 4. The summed E-state index contributed by atoms with van der Waals surface area (Å²) in [4.78, 5) is 51.5. The third-order valence-electron chi connectivity index (χ3n) is 5.69. The highest BCUT2D eigenvalue weighted by atomic mass is 16.5. The number of imide groups is 1. The van der Waals surface area contributed by atoms with Gasteiger partial charge in [-0.2, -0.15) is 0 Å². The third-order valence-corrected chi connectivity index (χ3v) is 5.69. The van der Waals surface area contributed by atoms with Gasteiger partial charge in [-0.15, -0.1) is 0 Å². The monoisotopic (exact) mass is 457 g/mol. The van der Waals surface area contributed by atoms with E-state index in [-0.39, 0.29) is 6.54 Å². The van der Waals surface area contributed by atoms with E-state index in [1.54, 1.807) is 72.8 Å². The molecule has 0 aliphatic carbocycles. The number of rotatable bonds is 7. The molecule has 172 valence electrons. The van der Waals surface area contributed by atoms with Crippen molar-refractivity contribution in [2.75, 3.05) is 13.7 Å². The van der Waals surface area contributed by atoms with Gasteiger partial charge in [-0.3, -0.25) is 14.5 Å². The van der Waals surface area contributed by atoms with Crippen molar-refractivity contribution >= 4 is 23.8 Å². The molecule has 0 aromatic heterocycles. The van der Waals surface area contributed by atoms with Crippen molar-refractivity contribution < 1.29 is 23.9 Å². The fourth-order valence-corrected chi connectivity index (χ4v) is 3.93. The van der Waals surface area contributed by atoms with E-state index in [0.717, 1.165) is 10.5 Å². The molecule has 0 radical (unpaired) electrons. The maximum atomic E-state index is 13.6. The minimum absolute atomic E-state index is 0.173. The van der Waals surface area contributed by atoms with Crippen LogP contribution < -0.4 is 10.6 Å². The molecule has 4 amide bonds. The summed E-state index contributed by atoms with van der Waals surface area (Å²) in [6.45, 7) is -0.251. The maximum Gasteiger partial charge on any atom is 0.337 e. The fourth-order valence-electron chi connectivity index (χ4n) is 3.93. The quantitative estimate of drug-likeness (QED) is 0.419. The summed E-state index contributed by atoms with van der Waals surface area (Å²) in [6.07, 6.45) is 0. The topological polar surface area (TPSA) is 105 Å². The zero-order valence-electron chi connectivity index (χ0n) is 18.5. The normalized spacial score (nSPS) is 14.4. The van der Waals surface area contributed by atoms with Crippen LogP contribution in [0.4, 0.5) is 4.79 Å². The largest absolute Gasteiger partial charge is 0.465 e. The Labute approximate surface area is 196 Å². The zero-order chi connectivity index (χ0) is 24.1. The van der Waals surface area contributed by atoms with Gasteiger partial charge in [0.2, 0.25) is 5.91 Å². The number of urea groups is 1. The molecule has 1 aliphatic rings. The van der Waals surface area contributed by atoms with Crippen molar-refractivity contribution in [2.24, 2.45) is 0 Å². The van der Waals surface area contributed by atoms with Crippen LogP contribution in [0.25, 0.3) is 0 Å². The molecular formula is C26H23N3O5.